The molecule has 2 aliphatic rings. The van der Waals surface area contributed by atoms with Crippen molar-refractivity contribution in [2.45, 2.75) is 50.7 Å². The summed E-state index contributed by atoms with van der Waals surface area (Å²) in [5.41, 5.74) is -0.0432. The molecule has 1 unspecified atom stereocenters. The number of nitrogens with one attached hydrogen (secondary N) is 1. The molecular formula is C12H22N2O2. The molecule has 0 aromatic heterocycles. The van der Waals surface area contributed by atoms with Gasteiger partial charge in [0.25, 0.3) is 0 Å². The summed E-state index contributed by atoms with van der Waals surface area (Å²) >= 11 is 0. The lowest BCUT2D eigenvalue weighted by molar-refractivity contribution is -0.137. The van der Waals surface area contributed by atoms with Gasteiger partial charge < -0.3 is 9.64 Å². The Kier molecular flexibility index (Phi) is 3.50. The van der Waals surface area contributed by atoms with Crippen molar-refractivity contribution in [1.29, 1.82) is 0 Å². The molecule has 1 saturated carbocycles. The normalized spacial score (nSPS) is 28.2. The Morgan fingerprint density at radius 3 is 2.81 bits per heavy atom. The number of carbonyl (C=O) groups excluding carboxylic acids is 1. The van der Waals surface area contributed by atoms with Crippen LogP contribution >= 0.6 is 0 Å². The summed E-state index contributed by atoms with van der Waals surface area (Å²) in [4.78, 5) is 14.0. The van der Waals surface area contributed by atoms with Crippen LogP contribution in [-0.2, 0) is 9.53 Å². The summed E-state index contributed by atoms with van der Waals surface area (Å²) in [7, 11) is 1.76. The zero-order valence-electron chi connectivity index (χ0n) is 10.3. The van der Waals surface area contributed by atoms with E-state index in [1.807, 2.05) is 4.90 Å². The predicted octanol–water partition coefficient (Wildman–Crippen LogP) is 1.11. The van der Waals surface area contributed by atoms with Gasteiger partial charge in [-0.05, 0) is 25.7 Å². The largest absolute Gasteiger partial charge is 0.376 e. The van der Waals surface area contributed by atoms with E-state index < -0.39 is 0 Å². The molecule has 0 aromatic carbocycles. The molecule has 0 spiro atoms. The van der Waals surface area contributed by atoms with E-state index in [0.717, 1.165) is 32.2 Å². The third-order valence-electron chi connectivity index (χ3n) is 3.89. The van der Waals surface area contributed by atoms with Gasteiger partial charge in [-0.3, -0.25) is 10.1 Å². The second-order valence-electron chi connectivity index (χ2n) is 4.98. The number of hydrogen-bond acceptors (Lipinski definition) is 3. The summed E-state index contributed by atoms with van der Waals surface area (Å²) in [5, 5.41) is 3.27. The first kappa shape index (κ1) is 11.9. The van der Waals surface area contributed by atoms with Crippen molar-refractivity contribution in [2.75, 3.05) is 20.3 Å². The van der Waals surface area contributed by atoms with Gasteiger partial charge in [-0.15, -0.1) is 0 Å². The van der Waals surface area contributed by atoms with E-state index in [1.165, 1.54) is 6.42 Å². The van der Waals surface area contributed by atoms with Crippen molar-refractivity contribution < 1.29 is 9.53 Å². The first-order valence-corrected chi connectivity index (χ1v) is 6.28. The fraction of sp³-hybridized carbons (Fsp3) is 0.917. The van der Waals surface area contributed by atoms with Crippen LogP contribution in [-0.4, -0.2) is 42.8 Å². The van der Waals surface area contributed by atoms with Gasteiger partial charge >= 0.3 is 0 Å². The van der Waals surface area contributed by atoms with Gasteiger partial charge in [-0.2, -0.15) is 0 Å². The Morgan fingerprint density at radius 2 is 2.31 bits per heavy atom. The van der Waals surface area contributed by atoms with Crippen molar-refractivity contribution >= 4 is 5.91 Å². The Balaban J connectivity index is 1.89. The highest BCUT2D eigenvalue weighted by Gasteiger charge is 2.42. The number of carbonyl (C=O) groups is 1. The number of hydrogen-bond donors (Lipinski definition) is 1. The first-order valence-electron chi connectivity index (χ1n) is 6.28. The standard InChI is InChI=1S/C12H22N2O2/c1-3-5-10-11(15)14(9-13-10)8-12(16-2)6-4-7-12/h10,13H,3-9H2,1-2H3. The van der Waals surface area contributed by atoms with Crippen LogP contribution in [0, 0.1) is 0 Å². The number of methoxy groups -OCH3 is 1. The third kappa shape index (κ3) is 2.09. The molecule has 0 bridgehead atoms. The molecule has 1 aliphatic carbocycles. The number of ether oxygens (including phenoxy) is 1. The van der Waals surface area contributed by atoms with Crippen LogP contribution in [0.1, 0.15) is 39.0 Å². The van der Waals surface area contributed by atoms with Crippen LogP contribution in [0.2, 0.25) is 0 Å². The second-order valence-corrected chi connectivity index (χ2v) is 4.98. The minimum absolute atomic E-state index is 0.0407. The molecule has 4 heteroatoms. The summed E-state index contributed by atoms with van der Waals surface area (Å²) < 4.78 is 5.56. The highest BCUT2D eigenvalue weighted by atomic mass is 16.5. The zero-order valence-corrected chi connectivity index (χ0v) is 10.3. The quantitative estimate of drug-likeness (QED) is 0.763. The van der Waals surface area contributed by atoms with Gasteiger partial charge in [0.2, 0.25) is 5.91 Å². The SMILES string of the molecule is CCCC1NCN(CC2(OC)CCC2)C1=O. The Labute approximate surface area is 97.3 Å². The monoisotopic (exact) mass is 226 g/mol. The van der Waals surface area contributed by atoms with Crippen molar-refractivity contribution in [3.05, 3.63) is 0 Å². The molecule has 16 heavy (non-hydrogen) atoms. The van der Waals surface area contributed by atoms with Gasteiger partial charge in [-0.1, -0.05) is 13.3 Å². The number of rotatable bonds is 5. The van der Waals surface area contributed by atoms with Crippen molar-refractivity contribution in [3.63, 3.8) is 0 Å². The van der Waals surface area contributed by atoms with Crippen molar-refractivity contribution in [3.8, 4) is 0 Å². The van der Waals surface area contributed by atoms with Crippen LogP contribution in [0.5, 0.6) is 0 Å². The zero-order chi connectivity index (χ0) is 11.6. The molecule has 1 N–H and O–H groups in total. The van der Waals surface area contributed by atoms with E-state index >= 15 is 0 Å². The average Bonchev–Trinajstić information content (AvgIpc) is 2.56. The molecule has 2 rings (SSSR count). The van der Waals surface area contributed by atoms with Gasteiger partial charge in [0.1, 0.15) is 0 Å². The van der Waals surface area contributed by atoms with Crippen LogP contribution in [0.4, 0.5) is 0 Å². The lowest BCUT2D eigenvalue weighted by atomic mass is 9.79. The van der Waals surface area contributed by atoms with E-state index in [4.69, 9.17) is 4.74 Å². The molecule has 0 radical (unpaired) electrons. The third-order valence-corrected chi connectivity index (χ3v) is 3.89. The lowest BCUT2D eigenvalue weighted by Crippen LogP contribution is -2.50. The lowest BCUT2D eigenvalue weighted by Gasteiger charge is -2.42. The highest BCUT2D eigenvalue weighted by Crippen LogP contribution is 2.36. The van der Waals surface area contributed by atoms with Crippen molar-refractivity contribution in [2.24, 2.45) is 0 Å². The summed E-state index contributed by atoms with van der Waals surface area (Å²) in [6.07, 6.45) is 5.39. The molecular weight excluding hydrogens is 204 g/mol. The second kappa shape index (κ2) is 4.72. The Bertz CT molecular complexity index is 258. The number of nitrogens with zero attached hydrogens (tertiary/aromatic N) is 1. The van der Waals surface area contributed by atoms with Crippen LogP contribution in [0.25, 0.3) is 0 Å². The summed E-state index contributed by atoms with van der Waals surface area (Å²) in [6.45, 7) is 3.56. The minimum Gasteiger partial charge on any atom is -0.376 e. The van der Waals surface area contributed by atoms with Crippen LogP contribution in [0.3, 0.4) is 0 Å². The average molecular weight is 226 g/mol. The van der Waals surface area contributed by atoms with E-state index in [1.54, 1.807) is 7.11 Å². The molecule has 1 saturated heterocycles. The van der Waals surface area contributed by atoms with Crippen LogP contribution in [0.15, 0.2) is 0 Å². The van der Waals surface area contributed by atoms with Crippen molar-refractivity contribution in [1.82, 2.24) is 10.2 Å². The highest BCUT2D eigenvalue weighted by molar-refractivity contribution is 5.83. The molecule has 92 valence electrons. The fourth-order valence-electron chi connectivity index (χ4n) is 2.60. The minimum atomic E-state index is -0.0432. The van der Waals surface area contributed by atoms with E-state index in [2.05, 4.69) is 12.2 Å². The smallest absolute Gasteiger partial charge is 0.240 e. The Hall–Kier alpha value is -0.610. The van der Waals surface area contributed by atoms with Gasteiger partial charge in [0, 0.05) is 7.11 Å². The van der Waals surface area contributed by atoms with E-state index in [9.17, 15) is 4.79 Å². The van der Waals surface area contributed by atoms with Gasteiger partial charge in [-0.25, -0.2) is 0 Å². The molecule has 2 fully saturated rings. The molecule has 1 heterocycles. The maximum Gasteiger partial charge on any atom is 0.240 e. The summed E-state index contributed by atoms with van der Waals surface area (Å²) in [5.74, 6) is 0.255. The van der Waals surface area contributed by atoms with Crippen LogP contribution < -0.4 is 5.32 Å². The Morgan fingerprint density at radius 1 is 1.56 bits per heavy atom. The molecule has 0 aromatic rings. The number of amides is 1. The molecule has 1 atom stereocenters. The van der Waals surface area contributed by atoms with Gasteiger partial charge in [0.15, 0.2) is 0 Å². The van der Waals surface area contributed by atoms with Gasteiger partial charge in [0.05, 0.1) is 24.9 Å². The summed E-state index contributed by atoms with van der Waals surface area (Å²) in [6, 6.07) is 0.0407. The molecule has 1 amide bonds. The molecule has 4 nitrogen and oxygen atoms in total. The first-order chi connectivity index (χ1) is 7.71. The maximum atomic E-state index is 12.0. The predicted molar refractivity (Wildman–Crippen MR) is 62.0 cm³/mol. The maximum absolute atomic E-state index is 12.0. The van der Waals surface area contributed by atoms with E-state index in [0.29, 0.717) is 6.67 Å². The van der Waals surface area contributed by atoms with E-state index in [-0.39, 0.29) is 17.6 Å². The molecule has 1 aliphatic heterocycles. The fourth-order valence-corrected chi connectivity index (χ4v) is 2.60. The topological polar surface area (TPSA) is 41.6 Å².